The zero-order chi connectivity index (χ0) is 16.1. The third kappa shape index (κ3) is 3.79. The summed E-state index contributed by atoms with van der Waals surface area (Å²) in [5, 5.41) is 18.9. The fourth-order valence-corrected chi connectivity index (χ4v) is 1.55. The molecule has 0 spiro atoms. The number of carbonyl (C=O) groups is 2. The van der Waals surface area contributed by atoms with Gasteiger partial charge in [0.2, 0.25) is 0 Å². The van der Waals surface area contributed by atoms with E-state index in [1.165, 1.54) is 30.3 Å². The van der Waals surface area contributed by atoms with E-state index in [1.54, 1.807) is 0 Å². The first-order valence-electron chi connectivity index (χ1n) is 6.00. The first kappa shape index (κ1) is 15.0. The highest BCUT2D eigenvalue weighted by molar-refractivity contribution is 5.91. The molecule has 0 aliphatic carbocycles. The summed E-state index contributed by atoms with van der Waals surface area (Å²) in [5.74, 6) is -0.501. The van der Waals surface area contributed by atoms with E-state index in [4.69, 9.17) is 10.3 Å². The minimum Gasteiger partial charge on any atom is -0.364 e. The zero-order valence-corrected chi connectivity index (χ0v) is 11.1. The van der Waals surface area contributed by atoms with Crippen molar-refractivity contribution >= 4 is 23.3 Å². The second-order valence-corrected chi connectivity index (χ2v) is 4.16. The number of nitrogens with one attached hydrogen (secondary N) is 2. The number of nitrogens with two attached hydrogens (primary N) is 1. The van der Waals surface area contributed by atoms with E-state index >= 15 is 0 Å². The van der Waals surface area contributed by atoms with Crippen LogP contribution in [-0.4, -0.2) is 22.0 Å². The van der Waals surface area contributed by atoms with Crippen LogP contribution in [0.3, 0.4) is 0 Å². The molecule has 10 heteroatoms. The molecule has 0 radical (unpaired) electrons. The summed E-state index contributed by atoms with van der Waals surface area (Å²) >= 11 is 0. The number of amides is 3. The Morgan fingerprint density at radius 2 is 2.14 bits per heavy atom. The van der Waals surface area contributed by atoms with Gasteiger partial charge >= 0.3 is 6.03 Å². The van der Waals surface area contributed by atoms with E-state index < -0.39 is 16.9 Å². The van der Waals surface area contributed by atoms with Crippen LogP contribution in [0.25, 0.3) is 0 Å². The van der Waals surface area contributed by atoms with Crippen molar-refractivity contribution in [3.8, 4) is 0 Å². The number of primary amides is 1. The van der Waals surface area contributed by atoms with Crippen LogP contribution in [0.4, 0.5) is 16.2 Å². The van der Waals surface area contributed by atoms with Crippen molar-refractivity contribution in [1.29, 1.82) is 0 Å². The summed E-state index contributed by atoms with van der Waals surface area (Å²) in [7, 11) is 0. The highest BCUT2D eigenvalue weighted by atomic mass is 16.6. The first-order valence-corrected chi connectivity index (χ1v) is 6.00. The molecular formula is C12H11N5O5. The average molecular weight is 305 g/mol. The predicted molar refractivity (Wildman–Crippen MR) is 74.0 cm³/mol. The van der Waals surface area contributed by atoms with Gasteiger partial charge < -0.3 is 20.9 Å². The summed E-state index contributed by atoms with van der Waals surface area (Å²) in [6.45, 7) is -0.0267. The number of nitro benzene ring substituents is 1. The fraction of sp³-hybridized carbons (Fsp3) is 0.0833. The number of anilines is 1. The Hall–Kier alpha value is -3.43. The fourth-order valence-electron chi connectivity index (χ4n) is 1.55. The van der Waals surface area contributed by atoms with Crippen molar-refractivity contribution in [2.75, 3.05) is 5.32 Å². The summed E-state index contributed by atoms with van der Waals surface area (Å²) in [6, 6.07) is 6.19. The van der Waals surface area contributed by atoms with Crippen LogP contribution in [0.15, 0.2) is 34.9 Å². The lowest BCUT2D eigenvalue weighted by Crippen LogP contribution is -2.28. The Balaban J connectivity index is 1.91. The van der Waals surface area contributed by atoms with E-state index in [0.29, 0.717) is 0 Å². The Bertz CT molecular complexity index is 726. The van der Waals surface area contributed by atoms with Crippen LogP contribution in [0.1, 0.15) is 16.2 Å². The monoisotopic (exact) mass is 305 g/mol. The minimum atomic E-state index is -0.740. The van der Waals surface area contributed by atoms with Gasteiger partial charge in [-0.2, -0.15) is 0 Å². The number of benzene rings is 1. The van der Waals surface area contributed by atoms with Crippen LogP contribution in [-0.2, 0) is 6.54 Å². The summed E-state index contributed by atoms with van der Waals surface area (Å²) in [4.78, 5) is 32.5. The summed E-state index contributed by atoms with van der Waals surface area (Å²) in [6.07, 6.45) is 0. The topological polar surface area (TPSA) is 153 Å². The maximum absolute atomic E-state index is 11.7. The highest BCUT2D eigenvalue weighted by Gasteiger charge is 2.11. The van der Waals surface area contributed by atoms with Crippen molar-refractivity contribution in [2.45, 2.75) is 6.54 Å². The normalized spacial score (nSPS) is 10.0. The molecule has 10 nitrogen and oxygen atoms in total. The van der Waals surface area contributed by atoms with Gasteiger partial charge in [0.1, 0.15) is 0 Å². The molecule has 0 saturated heterocycles. The molecule has 0 unspecified atom stereocenters. The molecule has 22 heavy (non-hydrogen) atoms. The molecule has 0 aliphatic rings. The van der Waals surface area contributed by atoms with Crippen molar-refractivity contribution in [3.05, 3.63) is 51.9 Å². The van der Waals surface area contributed by atoms with Crippen LogP contribution >= 0.6 is 0 Å². The number of nitrogens with zero attached hydrogens (tertiary/aromatic N) is 2. The molecule has 0 saturated carbocycles. The van der Waals surface area contributed by atoms with E-state index in [-0.39, 0.29) is 29.4 Å². The van der Waals surface area contributed by atoms with Crippen LogP contribution in [0, 0.1) is 10.1 Å². The lowest BCUT2D eigenvalue weighted by molar-refractivity contribution is -0.384. The average Bonchev–Trinajstić information content (AvgIpc) is 2.94. The van der Waals surface area contributed by atoms with Crippen molar-refractivity contribution in [2.24, 2.45) is 5.73 Å². The summed E-state index contributed by atoms with van der Waals surface area (Å²) < 4.78 is 4.79. The molecule has 0 atom stereocenters. The maximum Gasteiger partial charge on any atom is 0.319 e. The molecule has 1 heterocycles. The molecule has 1 aromatic heterocycles. The molecule has 1 aromatic carbocycles. The van der Waals surface area contributed by atoms with Crippen LogP contribution in [0.5, 0.6) is 0 Å². The van der Waals surface area contributed by atoms with E-state index in [2.05, 4.69) is 15.8 Å². The number of urea groups is 1. The SMILES string of the molecule is NC(=O)c1cc(CNC(=O)Nc2cccc([N+](=O)[O-])c2)on1. The second-order valence-electron chi connectivity index (χ2n) is 4.16. The number of nitro groups is 1. The van der Waals surface area contributed by atoms with Gasteiger partial charge in [-0.15, -0.1) is 0 Å². The highest BCUT2D eigenvalue weighted by Crippen LogP contribution is 2.16. The van der Waals surface area contributed by atoms with Crippen molar-refractivity contribution < 1.29 is 19.0 Å². The zero-order valence-electron chi connectivity index (χ0n) is 11.1. The molecule has 0 aliphatic heterocycles. The van der Waals surface area contributed by atoms with Gasteiger partial charge in [0.25, 0.3) is 11.6 Å². The number of hydrogen-bond donors (Lipinski definition) is 3. The standard InChI is InChI=1S/C12H11N5O5/c13-11(18)10-5-9(22-16-10)6-14-12(19)15-7-2-1-3-8(4-7)17(20)21/h1-5H,6H2,(H2,13,18)(H2,14,15,19). The van der Waals surface area contributed by atoms with Crippen molar-refractivity contribution in [3.63, 3.8) is 0 Å². The maximum atomic E-state index is 11.7. The van der Waals surface area contributed by atoms with Crippen LogP contribution < -0.4 is 16.4 Å². The molecule has 0 fully saturated rings. The van der Waals surface area contributed by atoms with Gasteiger partial charge in [0.05, 0.1) is 11.5 Å². The Morgan fingerprint density at radius 3 is 2.77 bits per heavy atom. The Kier molecular flexibility index (Phi) is 4.32. The Labute approximate surface area is 123 Å². The molecular weight excluding hydrogens is 294 g/mol. The largest absolute Gasteiger partial charge is 0.364 e. The minimum absolute atomic E-state index is 0.0267. The number of rotatable bonds is 5. The first-order chi connectivity index (χ1) is 10.5. The van der Waals surface area contributed by atoms with E-state index in [9.17, 15) is 19.7 Å². The number of hydrogen-bond acceptors (Lipinski definition) is 6. The predicted octanol–water partition coefficient (Wildman–Crippen LogP) is 1.00. The number of carbonyl (C=O) groups excluding carboxylic acids is 2. The third-order valence-corrected chi connectivity index (χ3v) is 2.55. The van der Waals surface area contributed by atoms with Crippen LogP contribution in [0.2, 0.25) is 0 Å². The molecule has 4 N–H and O–H groups in total. The second kappa shape index (κ2) is 6.35. The van der Waals surface area contributed by atoms with Gasteiger partial charge in [-0.1, -0.05) is 11.2 Å². The smallest absolute Gasteiger partial charge is 0.319 e. The van der Waals surface area contributed by atoms with Gasteiger partial charge in [-0.05, 0) is 6.07 Å². The molecule has 2 rings (SSSR count). The number of aromatic nitrogens is 1. The Morgan fingerprint density at radius 1 is 1.36 bits per heavy atom. The number of non-ortho nitro benzene ring substituents is 1. The summed E-state index contributed by atoms with van der Waals surface area (Å²) in [5.41, 5.74) is 5.09. The van der Waals surface area contributed by atoms with Gasteiger partial charge in [0, 0.05) is 23.9 Å². The quantitative estimate of drug-likeness (QED) is 0.553. The van der Waals surface area contributed by atoms with Gasteiger partial charge in [-0.3, -0.25) is 14.9 Å². The van der Waals surface area contributed by atoms with E-state index in [0.717, 1.165) is 0 Å². The van der Waals surface area contributed by atoms with Gasteiger partial charge in [-0.25, -0.2) is 4.79 Å². The lowest BCUT2D eigenvalue weighted by Gasteiger charge is -2.05. The molecule has 3 amide bonds. The van der Waals surface area contributed by atoms with E-state index in [1.807, 2.05) is 0 Å². The van der Waals surface area contributed by atoms with Crippen molar-refractivity contribution in [1.82, 2.24) is 10.5 Å². The lowest BCUT2D eigenvalue weighted by atomic mass is 10.3. The molecule has 2 aromatic rings. The molecule has 114 valence electrons. The van der Waals surface area contributed by atoms with Gasteiger partial charge in [0.15, 0.2) is 11.5 Å². The molecule has 0 bridgehead atoms. The third-order valence-electron chi connectivity index (χ3n) is 2.55.